The fraction of sp³-hybridized carbons (Fsp3) is 0.269. The highest BCUT2D eigenvalue weighted by Crippen LogP contribution is 2.35. The topological polar surface area (TPSA) is 55.4 Å². The zero-order valence-electron chi connectivity index (χ0n) is 19.0. The molecular formula is C26H25N5OS2. The molecule has 0 radical (unpaired) electrons. The molecule has 0 saturated carbocycles. The van der Waals surface area contributed by atoms with E-state index in [0.717, 1.165) is 59.2 Å². The van der Waals surface area contributed by atoms with Gasteiger partial charge in [-0.3, -0.25) is 4.79 Å². The maximum absolute atomic E-state index is 13.9. The Balaban J connectivity index is 1.46. The van der Waals surface area contributed by atoms with E-state index in [9.17, 15) is 4.79 Å². The second-order valence-electron chi connectivity index (χ2n) is 8.70. The molecule has 1 aliphatic rings. The molecule has 3 aromatic heterocycles. The van der Waals surface area contributed by atoms with E-state index in [4.69, 9.17) is 0 Å². The van der Waals surface area contributed by atoms with Crippen LogP contribution in [0.15, 0.2) is 70.6 Å². The molecule has 0 unspecified atom stereocenters. The van der Waals surface area contributed by atoms with Crippen molar-refractivity contribution in [3.63, 3.8) is 0 Å². The van der Waals surface area contributed by atoms with Crippen molar-refractivity contribution in [2.24, 2.45) is 0 Å². The van der Waals surface area contributed by atoms with Gasteiger partial charge in [-0.05, 0) is 49.6 Å². The number of nitrogens with zero attached hydrogens (tertiary/aromatic N) is 5. The zero-order valence-corrected chi connectivity index (χ0v) is 20.6. The molecule has 1 aliphatic heterocycles. The number of thiophene rings is 1. The van der Waals surface area contributed by atoms with Crippen LogP contribution in [0.2, 0.25) is 0 Å². The minimum atomic E-state index is 0.00350. The van der Waals surface area contributed by atoms with Crippen LogP contribution in [-0.4, -0.2) is 43.4 Å². The predicted octanol–water partition coefficient (Wildman–Crippen LogP) is 4.81. The van der Waals surface area contributed by atoms with Gasteiger partial charge in [0.05, 0.1) is 11.1 Å². The van der Waals surface area contributed by atoms with Crippen molar-refractivity contribution in [2.45, 2.75) is 31.0 Å². The second kappa shape index (κ2) is 9.02. The molecule has 8 heteroatoms. The number of benzene rings is 2. The van der Waals surface area contributed by atoms with Crippen LogP contribution in [0, 0.1) is 0 Å². The van der Waals surface area contributed by atoms with Gasteiger partial charge in [-0.25, -0.2) is 8.97 Å². The zero-order chi connectivity index (χ0) is 23.1. The van der Waals surface area contributed by atoms with Crippen LogP contribution in [0.3, 0.4) is 0 Å². The molecule has 6 nitrogen and oxygen atoms in total. The fourth-order valence-electron chi connectivity index (χ4n) is 4.67. The minimum absolute atomic E-state index is 0.00350. The molecule has 0 amide bonds. The van der Waals surface area contributed by atoms with E-state index in [-0.39, 0.29) is 5.56 Å². The maximum Gasteiger partial charge on any atom is 0.268 e. The summed E-state index contributed by atoms with van der Waals surface area (Å²) >= 11 is 3.44. The summed E-state index contributed by atoms with van der Waals surface area (Å²) in [7, 11) is 2.14. The lowest BCUT2D eigenvalue weighted by Crippen LogP contribution is -2.27. The highest BCUT2D eigenvalue weighted by molar-refractivity contribution is 7.99. The summed E-state index contributed by atoms with van der Waals surface area (Å²) in [6.07, 6.45) is 2.98. The van der Waals surface area contributed by atoms with Crippen LogP contribution in [0.25, 0.3) is 21.7 Å². The van der Waals surface area contributed by atoms with Crippen molar-refractivity contribution in [1.29, 1.82) is 0 Å². The first kappa shape index (κ1) is 21.6. The van der Waals surface area contributed by atoms with E-state index in [0.29, 0.717) is 5.78 Å². The minimum Gasteiger partial charge on any atom is -0.301 e. The Hall–Kier alpha value is -2.94. The maximum atomic E-state index is 13.9. The van der Waals surface area contributed by atoms with Crippen LogP contribution in [0.4, 0.5) is 0 Å². The number of para-hydroxylation sites is 1. The van der Waals surface area contributed by atoms with Gasteiger partial charge >= 0.3 is 0 Å². The molecule has 0 bridgehead atoms. The Kier molecular flexibility index (Phi) is 5.72. The molecule has 0 spiro atoms. The van der Waals surface area contributed by atoms with Crippen LogP contribution < -0.4 is 5.56 Å². The summed E-state index contributed by atoms with van der Waals surface area (Å²) in [6.45, 7) is 1.84. The standard InChI is InChI=1S/C26H25N5OS2/c1-29-15-14-20-21(17-29)34-24-22(20)23(32)30(19-12-6-3-7-13-19)25-27-28-26(31(24)25)33-16-8-11-18-9-4-2-5-10-18/h2-7,9-10,12-13H,8,11,14-17H2,1H3. The molecule has 0 fully saturated rings. The van der Waals surface area contributed by atoms with Crippen molar-refractivity contribution in [1.82, 2.24) is 24.1 Å². The quantitative estimate of drug-likeness (QED) is 0.254. The summed E-state index contributed by atoms with van der Waals surface area (Å²) in [5.74, 6) is 1.52. The molecule has 2 aromatic carbocycles. The van der Waals surface area contributed by atoms with Crippen molar-refractivity contribution < 1.29 is 0 Å². The van der Waals surface area contributed by atoms with Crippen LogP contribution >= 0.6 is 23.1 Å². The van der Waals surface area contributed by atoms with Gasteiger partial charge < -0.3 is 4.90 Å². The van der Waals surface area contributed by atoms with Crippen molar-refractivity contribution >= 4 is 39.1 Å². The first-order chi connectivity index (χ1) is 16.7. The Bertz CT molecular complexity index is 1520. The predicted molar refractivity (Wildman–Crippen MR) is 139 cm³/mol. The number of hydrogen-bond donors (Lipinski definition) is 0. The van der Waals surface area contributed by atoms with Gasteiger partial charge in [0, 0.05) is 23.7 Å². The first-order valence-electron chi connectivity index (χ1n) is 11.6. The van der Waals surface area contributed by atoms with E-state index >= 15 is 0 Å². The molecular weight excluding hydrogens is 462 g/mol. The van der Waals surface area contributed by atoms with Crippen LogP contribution in [0.1, 0.15) is 22.4 Å². The summed E-state index contributed by atoms with van der Waals surface area (Å²) < 4.78 is 3.84. The van der Waals surface area contributed by atoms with Gasteiger partial charge in [0.15, 0.2) is 5.16 Å². The third-order valence-corrected chi connectivity index (χ3v) is 8.58. The second-order valence-corrected chi connectivity index (χ2v) is 10.8. The van der Waals surface area contributed by atoms with Crippen molar-refractivity contribution in [3.05, 3.63) is 87.0 Å². The molecule has 0 N–H and O–H groups in total. The number of aromatic nitrogens is 4. The average molecular weight is 488 g/mol. The molecule has 172 valence electrons. The molecule has 0 aliphatic carbocycles. The number of rotatable bonds is 6. The molecule has 0 atom stereocenters. The lowest BCUT2D eigenvalue weighted by Gasteiger charge is -2.21. The van der Waals surface area contributed by atoms with Gasteiger partial charge in [-0.2, -0.15) is 0 Å². The lowest BCUT2D eigenvalue weighted by molar-refractivity contribution is 0.318. The molecule has 0 saturated heterocycles. The number of likely N-dealkylation sites (N-methyl/N-ethyl adjacent to an activating group) is 1. The summed E-state index contributed by atoms with van der Waals surface area (Å²) in [6, 6.07) is 20.4. The molecule has 5 aromatic rings. The van der Waals surface area contributed by atoms with Crippen molar-refractivity contribution in [3.8, 4) is 5.69 Å². The summed E-state index contributed by atoms with van der Waals surface area (Å²) in [5, 5.41) is 10.7. The van der Waals surface area contributed by atoms with E-state index < -0.39 is 0 Å². The Morgan fingerprint density at radius 1 is 1.03 bits per heavy atom. The van der Waals surface area contributed by atoms with Crippen LogP contribution in [-0.2, 0) is 19.4 Å². The normalized spacial score (nSPS) is 14.1. The van der Waals surface area contributed by atoms with E-state index in [1.54, 1.807) is 27.7 Å². The van der Waals surface area contributed by atoms with Gasteiger partial charge in [0.2, 0.25) is 5.78 Å². The molecule has 4 heterocycles. The van der Waals surface area contributed by atoms with E-state index in [1.165, 1.54) is 16.0 Å². The lowest BCUT2D eigenvalue weighted by atomic mass is 10.1. The largest absolute Gasteiger partial charge is 0.301 e. The number of aryl methyl sites for hydroxylation is 1. The third kappa shape index (κ3) is 3.76. The highest BCUT2D eigenvalue weighted by Gasteiger charge is 2.26. The SMILES string of the molecule is CN1CCc2c(sc3c2c(=O)n(-c2ccccc2)c2nnc(SCCCc4ccccc4)n32)C1. The van der Waals surface area contributed by atoms with Gasteiger partial charge in [0.25, 0.3) is 5.56 Å². The number of hydrogen-bond acceptors (Lipinski definition) is 6. The van der Waals surface area contributed by atoms with Gasteiger partial charge in [0.1, 0.15) is 4.83 Å². The van der Waals surface area contributed by atoms with Gasteiger partial charge in [-0.15, -0.1) is 21.5 Å². The fourth-order valence-corrected chi connectivity index (χ4v) is 7.02. The average Bonchev–Trinajstić information content (AvgIpc) is 3.44. The third-order valence-electron chi connectivity index (χ3n) is 6.36. The molecule has 6 rings (SSSR count). The van der Waals surface area contributed by atoms with Gasteiger partial charge in [-0.1, -0.05) is 60.3 Å². The number of fused-ring (bicyclic) bond motifs is 5. The highest BCUT2D eigenvalue weighted by atomic mass is 32.2. The van der Waals surface area contributed by atoms with Crippen LogP contribution in [0.5, 0.6) is 0 Å². The number of thioether (sulfide) groups is 1. The first-order valence-corrected chi connectivity index (χ1v) is 13.4. The monoisotopic (exact) mass is 487 g/mol. The van der Waals surface area contributed by atoms with Crippen molar-refractivity contribution in [2.75, 3.05) is 19.3 Å². The molecule has 34 heavy (non-hydrogen) atoms. The summed E-state index contributed by atoms with van der Waals surface area (Å²) in [5.41, 5.74) is 3.37. The Morgan fingerprint density at radius 2 is 1.79 bits per heavy atom. The van der Waals surface area contributed by atoms with E-state index in [2.05, 4.69) is 56.9 Å². The smallest absolute Gasteiger partial charge is 0.268 e. The van der Waals surface area contributed by atoms with E-state index in [1.807, 2.05) is 30.3 Å². The Morgan fingerprint density at radius 3 is 2.59 bits per heavy atom. The Labute approximate surface area is 205 Å². The summed E-state index contributed by atoms with van der Waals surface area (Å²) in [4.78, 5) is 18.4.